The Morgan fingerprint density at radius 3 is 2.52 bits per heavy atom. The molecule has 0 aliphatic carbocycles. The van der Waals surface area contributed by atoms with Crippen LogP contribution in [0, 0.1) is 5.82 Å². The van der Waals surface area contributed by atoms with Gasteiger partial charge in [-0.2, -0.15) is 0 Å². The summed E-state index contributed by atoms with van der Waals surface area (Å²) in [6.45, 7) is 0.410. The summed E-state index contributed by atoms with van der Waals surface area (Å²) in [5, 5.41) is -0.675. The maximum absolute atomic E-state index is 13.0. The van der Waals surface area contributed by atoms with E-state index in [1.54, 1.807) is 24.3 Å². The smallest absolute Gasteiger partial charge is 0.246 e. The van der Waals surface area contributed by atoms with Gasteiger partial charge in [-0.15, -0.1) is 0 Å². The van der Waals surface area contributed by atoms with Gasteiger partial charge in [-0.3, -0.25) is 4.79 Å². The van der Waals surface area contributed by atoms with Crippen molar-refractivity contribution in [2.24, 2.45) is 0 Å². The van der Waals surface area contributed by atoms with E-state index in [1.807, 2.05) is 0 Å². The predicted molar refractivity (Wildman–Crippen MR) is 95.6 cm³/mol. The minimum Gasteiger partial charge on any atom is -0.454 e. The highest BCUT2D eigenvalue weighted by atomic mass is 32.2. The number of halogens is 1. The minimum atomic E-state index is -3.57. The van der Waals surface area contributed by atoms with Crippen LogP contribution in [0.15, 0.2) is 53.4 Å². The van der Waals surface area contributed by atoms with Gasteiger partial charge in [0.25, 0.3) is 0 Å². The van der Waals surface area contributed by atoms with Crippen LogP contribution < -0.4 is 9.47 Å². The van der Waals surface area contributed by atoms with Crippen molar-refractivity contribution in [1.29, 1.82) is 0 Å². The lowest BCUT2D eigenvalue weighted by Gasteiger charge is -2.38. The highest BCUT2D eigenvalue weighted by Crippen LogP contribution is 2.33. The molecule has 0 radical (unpaired) electrons. The molecule has 0 bridgehead atoms. The molecule has 2 aliphatic rings. The number of rotatable bonds is 4. The van der Waals surface area contributed by atoms with Gasteiger partial charge in [0.2, 0.25) is 12.7 Å². The van der Waals surface area contributed by atoms with Gasteiger partial charge in [-0.05, 0) is 48.0 Å². The van der Waals surface area contributed by atoms with Crippen molar-refractivity contribution in [2.45, 2.75) is 10.1 Å². The normalized spacial score (nSPS) is 16.6. The average molecular weight is 389 g/mol. The van der Waals surface area contributed by atoms with Crippen molar-refractivity contribution in [3.8, 4) is 11.5 Å². The third kappa shape index (κ3) is 3.40. The number of hydrogen-bond acceptors (Lipinski definition) is 5. The summed E-state index contributed by atoms with van der Waals surface area (Å²) in [5.41, 5.74) is 0.781. The van der Waals surface area contributed by atoms with E-state index in [9.17, 15) is 17.6 Å². The highest BCUT2D eigenvalue weighted by molar-refractivity contribution is 7.92. The van der Waals surface area contributed by atoms with Gasteiger partial charge in [0, 0.05) is 19.2 Å². The number of benzene rings is 2. The van der Waals surface area contributed by atoms with Crippen LogP contribution in [0.25, 0.3) is 6.08 Å². The number of fused-ring (bicyclic) bond motifs is 1. The zero-order valence-corrected chi connectivity index (χ0v) is 15.0. The fourth-order valence-electron chi connectivity index (χ4n) is 2.92. The molecule has 0 atom stereocenters. The number of carbonyl (C=O) groups excluding carboxylic acids is 1. The van der Waals surface area contributed by atoms with E-state index < -0.39 is 20.9 Å². The molecule has 0 N–H and O–H groups in total. The molecule has 27 heavy (non-hydrogen) atoms. The van der Waals surface area contributed by atoms with Crippen LogP contribution in [-0.2, 0) is 14.6 Å². The predicted octanol–water partition coefficient (Wildman–Crippen LogP) is 2.25. The van der Waals surface area contributed by atoms with Crippen molar-refractivity contribution in [3.63, 3.8) is 0 Å². The molecule has 0 saturated carbocycles. The molecule has 1 saturated heterocycles. The molecule has 140 valence electrons. The Morgan fingerprint density at radius 1 is 1.07 bits per heavy atom. The molecule has 2 aromatic carbocycles. The monoisotopic (exact) mass is 389 g/mol. The van der Waals surface area contributed by atoms with Gasteiger partial charge >= 0.3 is 0 Å². The van der Waals surface area contributed by atoms with Crippen LogP contribution in [0.1, 0.15) is 5.56 Å². The Bertz CT molecular complexity index is 1010. The Balaban J connectivity index is 1.37. The van der Waals surface area contributed by atoms with E-state index in [4.69, 9.17) is 9.47 Å². The fraction of sp³-hybridized carbons (Fsp3) is 0.211. The van der Waals surface area contributed by atoms with E-state index in [1.165, 1.54) is 23.1 Å². The van der Waals surface area contributed by atoms with Gasteiger partial charge in [-0.25, -0.2) is 12.8 Å². The molecule has 6 nitrogen and oxygen atoms in total. The number of ether oxygens (including phenoxy) is 2. The van der Waals surface area contributed by atoms with Crippen molar-refractivity contribution < 1.29 is 27.1 Å². The molecule has 2 aliphatic heterocycles. The summed E-state index contributed by atoms with van der Waals surface area (Å²) < 4.78 is 48.4. The Labute approximate surface area is 155 Å². The molecular weight excluding hydrogens is 373 g/mol. The molecule has 0 spiro atoms. The molecule has 0 aromatic heterocycles. The number of sulfone groups is 1. The van der Waals surface area contributed by atoms with Gasteiger partial charge in [0.1, 0.15) is 11.1 Å². The van der Waals surface area contributed by atoms with E-state index in [2.05, 4.69) is 0 Å². The van der Waals surface area contributed by atoms with Gasteiger partial charge in [0.05, 0.1) is 4.90 Å². The van der Waals surface area contributed by atoms with Crippen molar-refractivity contribution in [3.05, 3.63) is 59.9 Å². The van der Waals surface area contributed by atoms with Gasteiger partial charge < -0.3 is 14.4 Å². The highest BCUT2D eigenvalue weighted by Gasteiger charge is 2.39. The van der Waals surface area contributed by atoms with Crippen LogP contribution >= 0.6 is 0 Å². The zero-order valence-electron chi connectivity index (χ0n) is 14.2. The van der Waals surface area contributed by atoms with E-state index in [0.29, 0.717) is 11.5 Å². The van der Waals surface area contributed by atoms with Gasteiger partial charge in [0.15, 0.2) is 21.3 Å². The Kier molecular flexibility index (Phi) is 4.35. The number of amides is 1. The minimum absolute atomic E-state index is 0.0666. The first-order valence-electron chi connectivity index (χ1n) is 8.29. The third-order valence-electron chi connectivity index (χ3n) is 4.56. The number of likely N-dealkylation sites (tertiary alicyclic amines) is 1. The summed E-state index contributed by atoms with van der Waals surface area (Å²) in [6, 6.07) is 10.1. The van der Waals surface area contributed by atoms with E-state index in [-0.39, 0.29) is 30.7 Å². The van der Waals surface area contributed by atoms with E-state index >= 15 is 0 Å². The standard InChI is InChI=1S/C19H16FNO5S/c20-14-3-5-15(6-4-14)27(23,24)16-10-21(11-16)19(22)8-2-13-1-7-17-18(9-13)26-12-25-17/h1-9,16H,10-12H2/b8-2+. The molecular formula is C19H16FNO5S. The Morgan fingerprint density at radius 2 is 1.78 bits per heavy atom. The van der Waals surface area contributed by atoms with Crippen molar-refractivity contribution in [2.75, 3.05) is 19.9 Å². The van der Waals surface area contributed by atoms with Crippen LogP contribution in [0.4, 0.5) is 4.39 Å². The lowest BCUT2D eigenvalue weighted by molar-refractivity contribution is -0.128. The lowest BCUT2D eigenvalue weighted by Crippen LogP contribution is -2.56. The number of hydrogen-bond donors (Lipinski definition) is 0. The largest absolute Gasteiger partial charge is 0.454 e. The van der Waals surface area contributed by atoms with E-state index in [0.717, 1.165) is 17.7 Å². The van der Waals surface area contributed by atoms with Crippen LogP contribution in [0.2, 0.25) is 0 Å². The lowest BCUT2D eigenvalue weighted by atomic mass is 10.1. The second-order valence-corrected chi connectivity index (χ2v) is 8.54. The molecule has 2 heterocycles. The summed E-state index contributed by atoms with van der Waals surface area (Å²) >= 11 is 0. The number of nitrogens with zero attached hydrogens (tertiary/aromatic N) is 1. The van der Waals surface area contributed by atoms with Gasteiger partial charge in [-0.1, -0.05) is 6.07 Å². The third-order valence-corrected chi connectivity index (χ3v) is 6.66. The second-order valence-electron chi connectivity index (χ2n) is 6.31. The average Bonchev–Trinajstić information content (AvgIpc) is 3.06. The zero-order chi connectivity index (χ0) is 19.0. The molecule has 4 rings (SSSR count). The molecule has 1 fully saturated rings. The van der Waals surface area contributed by atoms with Crippen molar-refractivity contribution >= 4 is 21.8 Å². The van der Waals surface area contributed by atoms with Crippen LogP contribution in [0.3, 0.4) is 0 Å². The Hall–Kier alpha value is -2.87. The summed E-state index contributed by atoms with van der Waals surface area (Å²) in [6.07, 6.45) is 3.05. The topological polar surface area (TPSA) is 72.9 Å². The molecule has 1 amide bonds. The quantitative estimate of drug-likeness (QED) is 0.592. The van der Waals surface area contributed by atoms with Crippen LogP contribution in [0.5, 0.6) is 11.5 Å². The maximum Gasteiger partial charge on any atom is 0.246 e. The first-order valence-corrected chi connectivity index (χ1v) is 9.84. The van der Waals surface area contributed by atoms with Crippen LogP contribution in [-0.4, -0.2) is 44.4 Å². The first-order chi connectivity index (χ1) is 12.9. The SMILES string of the molecule is O=C(/C=C/c1ccc2c(c1)OCO2)N1CC(S(=O)(=O)c2ccc(F)cc2)C1. The molecule has 2 aromatic rings. The summed E-state index contributed by atoms with van der Waals surface area (Å²) in [5.74, 6) is 0.528. The fourth-order valence-corrected chi connectivity index (χ4v) is 4.57. The number of carbonyl (C=O) groups is 1. The molecule has 0 unspecified atom stereocenters. The molecule has 8 heteroatoms. The summed E-state index contributed by atoms with van der Waals surface area (Å²) in [4.78, 5) is 13.7. The maximum atomic E-state index is 13.0. The second kappa shape index (κ2) is 6.70. The first kappa shape index (κ1) is 17.5. The van der Waals surface area contributed by atoms with Crippen molar-refractivity contribution in [1.82, 2.24) is 4.90 Å². The summed E-state index contributed by atoms with van der Waals surface area (Å²) in [7, 11) is -3.57.